The number of carboxylic acids is 1. The van der Waals surface area contributed by atoms with Gasteiger partial charge in [-0.3, -0.25) is 0 Å². The SMILES string of the molecule is CCC(C)c1ccccc1Oc1ccc(C(=O)O)c(Cl)c1. The third-order valence-corrected chi connectivity index (χ3v) is 3.77. The molecule has 2 rings (SSSR count). The lowest BCUT2D eigenvalue weighted by molar-refractivity contribution is 0.0697. The molecule has 21 heavy (non-hydrogen) atoms. The summed E-state index contributed by atoms with van der Waals surface area (Å²) < 4.78 is 5.87. The molecule has 0 saturated carbocycles. The second-order valence-electron chi connectivity index (χ2n) is 4.90. The summed E-state index contributed by atoms with van der Waals surface area (Å²) in [5, 5.41) is 9.14. The van der Waals surface area contributed by atoms with Crippen molar-refractivity contribution in [2.75, 3.05) is 0 Å². The third-order valence-electron chi connectivity index (χ3n) is 3.46. The van der Waals surface area contributed by atoms with Crippen LogP contribution in [0.25, 0.3) is 0 Å². The largest absolute Gasteiger partial charge is 0.478 e. The molecule has 0 aliphatic carbocycles. The van der Waals surface area contributed by atoms with Crippen molar-refractivity contribution in [2.24, 2.45) is 0 Å². The topological polar surface area (TPSA) is 46.5 Å². The number of halogens is 1. The van der Waals surface area contributed by atoms with Crippen LogP contribution in [0.15, 0.2) is 42.5 Å². The average molecular weight is 305 g/mol. The molecule has 0 spiro atoms. The van der Waals surface area contributed by atoms with Gasteiger partial charge in [-0.1, -0.05) is 43.6 Å². The van der Waals surface area contributed by atoms with Crippen LogP contribution in [0.5, 0.6) is 11.5 Å². The highest BCUT2D eigenvalue weighted by Gasteiger charge is 2.13. The first-order chi connectivity index (χ1) is 10.0. The van der Waals surface area contributed by atoms with E-state index in [4.69, 9.17) is 21.4 Å². The Morgan fingerprint density at radius 3 is 2.62 bits per heavy atom. The number of para-hydroxylation sites is 1. The zero-order chi connectivity index (χ0) is 15.4. The quantitative estimate of drug-likeness (QED) is 0.810. The smallest absolute Gasteiger partial charge is 0.337 e. The first-order valence-electron chi connectivity index (χ1n) is 6.82. The summed E-state index contributed by atoms with van der Waals surface area (Å²) in [6.07, 6.45) is 1.01. The van der Waals surface area contributed by atoms with Gasteiger partial charge in [0.25, 0.3) is 0 Å². The monoisotopic (exact) mass is 304 g/mol. The van der Waals surface area contributed by atoms with E-state index in [0.29, 0.717) is 11.7 Å². The van der Waals surface area contributed by atoms with Crippen LogP contribution in [-0.2, 0) is 0 Å². The predicted molar refractivity (Wildman–Crippen MR) is 83.6 cm³/mol. The highest BCUT2D eigenvalue weighted by molar-refractivity contribution is 6.33. The molecule has 4 heteroatoms. The molecule has 3 nitrogen and oxygen atoms in total. The van der Waals surface area contributed by atoms with Crippen molar-refractivity contribution in [2.45, 2.75) is 26.2 Å². The standard InChI is InChI=1S/C17H17ClO3/c1-3-11(2)13-6-4-5-7-16(13)21-12-8-9-14(17(19)20)15(18)10-12/h4-11H,3H2,1-2H3,(H,19,20). The molecule has 0 bridgehead atoms. The lowest BCUT2D eigenvalue weighted by Crippen LogP contribution is -1.99. The lowest BCUT2D eigenvalue weighted by atomic mass is 9.98. The van der Waals surface area contributed by atoms with Gasteiger partial charge in [-0.05, 0) is 36.1 Å². The summed E-state index contributed by atoms with van der Waals surface area (Å²) >= 11 is 5.96. The van der Waals surface area contributed by atoms with Crippen molar-refractivity contribution >= 4 is 17.6 Å². The van der Waals surface area contributed by atoms with E-state index in [2.05, 4.69) is 13.8 Å². The van der Waals surface area contributed by atoms with Crippen LogP contribution in [0.1, 0.15) is 42.1 Å². The molecule has 0 aliphatic rings. The van der Waals surface area contributed by atoms with E-state index in [0.717, 1.165) is 17.7 Å². The van der Waals surface area contributed by atoms with Crippen LogP contribution in [0.4, 0.5) is 0 Å². The number of carboxylic acid groups (broad SMARTS) is 1. The van der Waals surface area contributed by atoms with Crippen LogP contribution < -0.4 is 4.74 Å². The minimum absolute atomic E-state index is 0.0687. The highest BCUT2D eigenvalue weighted by atomic mass is 35.5. The Kier molecular flexibility index (Phi) is 4.86. The molecule has 1 N–H and O–H groups in total. The van der Waals surface area contributed by atoms with Gasteiger partial charge in [0.1, 0.15) is 11.5 Å². The molecule has 2 aromatic carbocycles. The molecule has 0 fully saturated rings. The summed E-state index contributed by atoms with van der Waals surface area (Å²) in [4.78, 5) is 10.9. The minimum Gasteiger partial charge on any atom is -0.478 e. The van der Waals surface area contributed by atoms with Gasteiger partial charge in [0.2, 0.25) is 0 Å². The summed E-state index contributed by atoms with van der Waals surface area (Å²) in [5.74, 6) is 0.633. The fraction of sp³-hybridized carbons (Fsp3) is 0.235. The molecule has 0 aromatic heterocycles. The Labute approximate surface area is 129 Å². The van der Waals surface area contributed by atoms with Crippen LogP contribution in [0.2, 0.25) is 5.02 Å². The van der Waals surface area contributed by atoms with E-state index in [1.54, 1.807) is 6.07 Å². The Morgan fingerprint density at radius 2 is 2.00 bits per heavy atom. The van der Waals surface area contributed by atoms with E-state index in [-0.39, 0.29) is 10.6 Å². The summed E-state index contributed by atoms with van der Waals surface area (Å²) in [6, 6.07) is 12.4. The molecular formula is C17H17ClO3. The Hall–Kier alpha value is -2.00. The van der Waals surface area contributed by atoms with E-state index < -0.39 is 5.97 Å². The molecule has 110 valence electrons. The van der Waals surface area contributed by atoms with Gasteiger partial charge in [0.15, 0.2) is 0 Å². The number of hydrogen-bond acceptors (Lipinski definition) is 2. The maximum atomic E-state index is 10.9. The van der Waals surface area contributed by atoms with Crippen LogP contribution in [-0.4, -0.2) is 11.1 Å². The molecule has 0 amide bonds. The van der Waals surface area contributed by atoms with Gasteiger partial charge in [0.05, 0.1) is 10.6 Å². The van der Waals surface area contributed by atoms with E-state index in [1.165, 1.54) is 12.1 Å². The zero-order valence-electron chi connectivity index (χ0n) is 12.0. The number of carbonyl (C=O) groups is 1. The number of benzene rings is 2. The maximum Gasteiger partial charge on any atom is 0.337 e. The van der Waals surface area contributed by atoms with Crippen molar-refractivity contribution < 1.29 is 14.6 Å². The fourth-order valence-electron chi connectivity index (χ4n) is 2.06. The minimum atomic E-state index is -1.05. The number of hydrogen-bond donors (Lipinski definition) is 1. The second kappa shape index (κ2) is 6.64. The van der Waals surface area contributed by atoms with E-state index in [9.17, 15) is 4.79 Å². The molecule has 1 unspecified atom stereocenters. The third kappa shape index (κ3) is 3.56. The number of ether oxygens (including phenoxy) is 1. The molecule has 1 atom stereocenters. The van der Waals surface area contributed by atoms with Crippen molar-refractivity contribution in [3.05, 3.63) is 58.6 Å². The normalized spacial score (nSPS) is 12.0. The van der Waals surface area contributed by atoms with Crippen molar-refractivity contribution in [1.29, 1.82) is 0 Å². The summed E-state index contributed by atoms with van der Waals surface area (Å²) in [6.45, 7) is 4.27. The number of aromatic carboxylic acids is 1. The van der Waals surface area contributed by atoms with Crippen LogP contribution in [0, 0.1) is 0 Å². The molecule has 0 aliphatic heterocycles. The Morgan fingerprint density at radius 1 is 1.29 bits per heavy atom. The Bertz CT molecular complexity index is 652. The van der Waals surface area contributed by atoms with Crippen LogP contribution >= 0.6 is 11.6 Å². The van der Waals surface area contributed by atoms with Crippen molar-refractivity contribution in [1.82, 2.24) is 0 Å². The maximum absolute atomic E-state index is 10.9. The molecule has 0 radical (unpaired) electrons. The lowest BCUT2D eigenvalue weighted by Gasteiger charge is -2.15. The van der Waals surface area contributed by atoms with Gasteiger partial charge in [-0.15, -0.1) is 0 Å². The second-order valence-corrected chi connectivity index (χ2v) is 5.30. The van der Waals surface area contributed by atoms with Gasteiger partial charge >= 0.3 is 5.97 Å². The first kappa shape index (κ1) is 15.4. The fourth-order valence-corrected chi connectivity index (χ4v) is 2.31. The molecule has 2 aromatic rings. The van der Waals surface area contributed by atoms with Crippen molar-refractivity contribution in [3.8, 4) is 11.5 Å². The first-order valence-corrected chi connectivity index (χ1v) is 7.20. The zero-order valence-corrected chi connectivity index (χ0v) is 12.7. The summed E-state index contributed by atoms with van der Waals surface area (Å²) in [7, 11) is 0. The average Bonchev–Trinajstić information content (AvgIpc) is 2.46. The summed E-state index contributed by atoms with van der Waals surface area (Å²) in [5.41, 5.74) is 1.19. The molecule has 0 saturated heterocycles. The van der Waals surface area contributed by atoms with Crippen molar-refractivity contribution in [3.63, 3.8) is 0 Å². The predicted octanol–water partition coefficient (Wildman–Crippen LogP) is 5.34. The van der Waals surface area contributed by atoms with E-state index in [1.807, 2.05) is 24.3 Å². The van der Waals surface area contributed by atoms with Gasteiger partial charge < -0.3 is 9.84 Å². The Balaban J connectivity index is 2.31. The van der Waals surface area contributed by atoms with Gasteiger partial charge in [0, 0.05) is 6.07 Å². The van der Waals surface area contributed by atoms with Gasteiger partial charge in [-0.25, -0.2) is 4.79 Å². The van der Waals surface area contributed by atoms with Gasteiger partial charge in [-0.2, -0.15) is 0 Å². The molecule has 0 heterocycles. The van der Waals surface area contributed by atoms with Crippen LogP contribution in [0.3, 0.4) is 0 Å². The highest BCUT2D eigenvalue weighted by Crippen LogP contribution is 2.33. The molecular weight excluding hydrogens is 288 g/mol. The van der Waals surface area contributed by atoms with E-state index >= 15 is 0 Å². The number of rotatable bonds is 5.